The average Bonchev–Trinajstić information content (AvgIpc) is 3.10. The highest BCUT2D eigenvalue weighted by atomic mass is 16.6. The van der Waals surface area contributed by atoms with Gasteiger partial charge in [-0.25, -0.2) is 4.79 Å². The van der Waals surface area contributed by atoms with Gasteiger partial charge in [0.15, 0.2) is 0 Å². The molecule has 31 heavy (non-hydrogen) atoms. The Hall–Kier alpha value is -3.34. The Bertz CT molecular complexity index is 993. The van der Waals surface area contributed by atoms with Gasteiger partial charge in [-0.1, -0.05) is 68.3 Å². The van der Waals surface area contributed by atoms with Gasteiger partial charge < -0.3 is 9.64 Å². The lowest BCUT2D eigenvalue weighted by Gasteiger charge is -2.33. The zero-order valence-corrected chi connectivity index (χ0v) is 17.9. The first-order chi connectivity index (χ1) is 15.2. The quantitative estimate of drug-likeness (QED) is 0.562. The Balaban J connectivity index is 1.74. The molecule has 5 nitrogen and oxygen atoms in total. The molecule has 1 aliphatic carbocycles. The highest BCUT2D eigenvalue weighted by molar-refractivity contribution is 6.06. The maximum absolute atomic E-state index is 13.8. The molecule has 2 aromatic rings. The Labute approximate surface area is 183 Å². The molecule has 0 radical (unpaired) electrons. The number of anilines is 1. The summed E-state index contributed by atoms with van der Waals surface area (Å²) in [6.07, 6.45) is 8.18. The summed E-state index contributed by atoms with van der Waals surface area (Å²) in [5.41, 5.74) is 2.25. The molecule has 0 bridgehead atoms. The molecule has 1 atom stereocenters. The fraction of sp³-hybridized carbons (Fsp3) is 0.308. The minimum absolute atomic E-state index is 0.0840. The molecule has 1 aliphatic heterocycles. The van der Waals surface area contributed by atoms with Crippen LogP contribution in [0.1, 0.15) is 50.6 Å². The maximum atomic E-state index is 13.8. The number of hydrogen-bond acceptors (Lipinski definition) is 3. The van der Waals surface area contributed by atoms with Crippen molar-refractivity contribution in [2.45, 2.75) is 51.1 Å². The molecule has 0 saturated heterocycles. The second-order valence-corrected chi connectivity index (χ2v) is 7.93. The van der Waals surface area contributed by atoms with Gasteiger partial charge >= 0.3 is 6.09 Å². The molecule has 1 fully saturated rings. The van der Waals surface area contributed by atoms with Gasteiger partial charge in [0.25, 0.3) is 5.91 Å². The van der Waals surface area contributed by atoms with Crippen LogP contribution >= 0.6 is 0 Å². The zero-order chi connectivity index (χ0) is 21.8. The number of ether oxygens (including phenoxy) is 1. The van der Waals surface area contributed by atoms with E-state index in [-0.39, 0.29) is 11.9 Å². The predicted molar refractivity (Wildman–Crippen MR) is 122 cm³/mol. The van der Waals surface area contributed by atoms with Crippen LogP contribution in [0.2, 0.25) is 0 Å². The first kappa shape index (κ1) is 20.9. The molecule has 0 aromatic heterocycles. The molecule has 160 valence electrons. The minimum Gasteiger partial charge on any atom is -0.410 e. The number of fused-ring (bicyclic) bond motifs is 1. The monoisotopic (exact) mass is 416 g/mol. The van der Waals surface area contributed by atoms with E-state index in [1.807, 2.05) is 42.2 Å². The van der Waals surface area contributed by atoms with Crippen LogP contribution in [0, 0.1) is 0 Å². The Morgan fingerprint density at radius 3 is 2.42 bits per heavy atom. The van der Waals surface area contributed by atoms with E-state index >= 15 is 0 Å². The first-order valence-electron chi connectivity index (χ1n) is 10.9. The highest BCUT2D eigenvalue weighted by Gasteiger charge is 2.46. The lowest BCUT2D eigenvalue weighted by molar-refractivity contribution is -0.122. The second kappa shape index (κ2) is 9.21. The van der Waals surface area contributed by atoms with Crippen LogP contribution in [0.25, 0.3) is 0 Å². The maximum Gasteiger partial charge on any atom is 0.420 e. The van der Waals surface area contributed by atoms with Crippen LogP contribution < -0.4 is 9.64 Å². The van der Waals surface area contributed by atoms with Crippen LogP contribution in [0.4, 0.5) is 10.5 Å². The summed E-state index contributed by atoms with van der Waals surface area (Å²) < 4.78 is 5.65. The highest BCUT2D eigenvalue weighted by Crippen LogP contribution is 2.44. The van der Waals surface area contributed by atoms with Crippen LogP contribution in [0.15, 0.2) is 79.0 Å². The average molecular weight is 417 g/mol. The molecule has 1 unspecified atom stereocenters. The summed E-state index contributed by atoms with van der Waals surface area (Å²) in [5, 5.41) is 0. The number of nitrogens with zero attached hydrogens (tertiary/aromatic N) is 2. The van der Waals surface area contributed by atoms with E-state index in [2.05, 4.69) is 6.58 Å². The number of rotatable bonds is 5. The summed E-state index contributed by atoms with van der Waals surface area (Å²) in [7, 11) is 0. The fourth-order valence-corrected chi connectivity index (χ4v) is 4.64. The van der Waals surface area contributed by atoms with E-state index in [0.717, 1.165) is 36.9 Å². The van der Waals surface area contributed by atoms with Crippen molar-refractivity contribution >= 4 is 17.7 Å². The smallest absolute Gasteiger partial charge is 0.410 e. The molecule has 5 heteroatoms. The minimum atomic E-state index is -0.779. The van der Waals surface area contributed by atoms with Crippen molar-refractivity contribution in [1.29, 1.82) is 0 Å². The number of carbonyl (C=O) groups is 2. The van der Waals surface area contributed by atoms with Gasteiger partial charge in [0, 0.05) is 23.0 Å². The van der Waals surface area contributed by atoms with Gasteiger partial charge in [-0.2, -0.15) is 0 Å². The van der Waals surface area contributed by atoms with Crippen LogP contribution in [-0.4, -0.2) is 22.9 Å². The summed E-state index contributed by atoms with van der Waals surface area (Å²) in [6.45, 7) is 5.68. The van der Waals surface area contributed by atoms with E-state index in [4.69, 9.17) is 4.74 Å². The summed E-state index contributed by atoms with van der Waals surface area (Å²) >= 11 is 0. The standard InChI is InChI=1S/C26H28N2O3/c1-3-19(4-2)28(26(30)31-21-15-9-6-10-16-21)24-22-17-11-12-18-23(22)27(25(24)29)20-13-7-5-8-14-20/h3-4,6,9-12,15-18,20,24H,1,5,7-8,13-14H2,2H3/b19-4+. The van der Waals surface area contributed by atoms with Crippen molar-refractivity contribution in [2.75, 3.05) is 4.90 Å². The molecular formula is C26H28N2O3. The third kappa shape index (κ3) is 4.00. The number of hydrogen-bond donors (Lipinski definition) is 0. The largest absolute Gasteiger partial charge is 0.420 e. The van der Waals surface area contributed by atoms with E-state index in [1.165, 1.54) is 11.3 Å². The van der Waals surface area contributed by atoms with Gasteiger partial charge in [-0.05, 0) is 44.0 Å². The van der Waals surface area contributed by atoms with E-state index in [9.17, 15) is 9.59 Å². The Morgan fingerprint density at radius 2 is 1.74 bits per heavy atom. The number of amides is 2. The van der Waals surface area contributed by atoms with E-state index in [0.29, 0.717) is 11.4 Å². The van der Waals surface area contributed by atoms with Crippen molar-refractivity contribution in [2.24, 2.45) is 0 Å². The number of allylic oxidation sites excluding steroid dienone is 2. The number of para-hydroxylation sites is 2. The number of carbonyl (C=O) groups excluding carboxylic acids is 2. The SMILES string of the molecule is C=C/C(=C\C)N(C(=O)Oc1ccccc1)C1C(=O)N(C2CCCCC2)c2ccccc21. The van der Waals surface area contributed by atoms with Crippen LogP contribution in [0.3, 0.4) is 0 Å². The van der Waals surface area contributed by atoms with Crippen molar-refractivity contribution in [3.63, 3.8) is 0 Å². The summed E-state index contributed by atoms with van der Waals surface area (Å²) in [4.78, 5) is 30.5. The number of benzene rings is 2. The van der Waals surface area contributed by atoms with Crippen molar-refractivity contribution in [3.8, 4) is 5.75 Å². The van der Waals surface area contributed by atoms with Gasteiger partial charge in [-0.3, -0.25) is 9.69 Å². The van der Waals surface area contributed by atoms with Crippen molar-refractivity contribution in [1.82, 2.24) is 4.90 Å². The fourth-order valence-electron chi connectivity index (χ4n) is 4.64. The van der Waals surface area contributed by atoms with Gasteiger partial charge in [0.1, 0.15) is 11.8 Å². The summed E-state index contributed by atoms with van der Waals surface area (Å²) in [6, 6.07) is 16.1. The third-order valence-corrected chi connectivity index (χ3v) is 6.09. The Kier molecular flexibility index (Phi) is 6.21. The topological polar surface area (TPSA) is 49.9 Å². The molecule has 1 saturated carbocycles. The lowest BCUT2D eigenvalue weighted by atomic mass is 9.94. The summed E-state index contributed by atoms with van der Waals surface area (Å²) in [5.74, 6) is 0.346. The third-order valence-electron chi connectivity index (χ3n) is 6.09. The zero-order valence-electron chi connectivity index (χ0n) is 17.9. The van der Waals surface area contributed by atoms with Crippen molar-refractivity contribution in [3.05, 3.63) is 84.6 Å². The van der Waals surface area contributed by atoms with E-state index in [1.54, 1.807) is 36.4 Å². The molecule has 2 aromatic carbocycles. The first-order valence-corrected chi connectivity index (χ1v) is 10.9. The molecule has 2 amide bonds. The van der Waals surface area contributed by atoms with E-state index < -0.39 is 12.1 Å². The van der Waals surface area contributed by atoms with Crippen LogP contribution in [-0.2, 0) is 4.79 Å². The second-order valence-electron chi connectivity index (χ2n) is 7.93. The van der Waals surface area contributed by atoms with Crippen molar-refractivity contribution < 1.29 is 14.3 Å². The van der Waals surface area contributed by atoms with Gasteiger partial charge in [0.05, 0.1) is 0 Å². The predicted octanol–water partition coefficient (Wildman–Crippen LogP) is 6.00. The van der Waals surface area contributed by atoms with Gasteiger partial charge in [0.2, 0.25) is 0 Å². The Morgan fingerprint density at radius 1 is 1.06 bits per heavy atom. The molecular weight excluding hydrogens is 388 g/mol. The lowest BCUT2D eigenvalue weighted by Crippen LogP contribution is -2.45. The molecule has 2 aliphatic rings. The van der Waals surface area contributed by atoms with Gasteiger partial charge in [-0.15, -0.1) is 0 Å². The normalized spacial score (nSPS) is 19.1. The molecule has 0 N–H and O–H groups in total. The molecule has 1 heterocycles. The molecule has 0 spiro atoms. The van der Waals surface area contributed by atoms with Crippen LogP contribution in [0.5, 0.6) is 5.75 Å². The molecule has 4 rings (SSSR count).